The Kier molecular flexibility index (Phi) is 4.65. The van der Waals surface area contributed by atoms with Gasteiger partial charge in [-0.25, -0.2) is 4.98 Å². The minimum atomic E-state index is -0.0378. The van der Waals surface area contributed by atoms with Crippen molar-refractivity contribution in [3.63, 3.8) is 0 Å². The van der Waals surface area contributed by atoms with Crippen molar-refractivity contribution in [1.82, 2.24) is 10.3 Å². The SMILES string of the molecule is CNC(C)c1csc(NC(=O)Cc2ccccc2)n1. The number of rotatable bonds is 5. The van der Waals surface area contributed by atoms with E-state index in [1.54, 1.807) is 0 Å². The van der Waals surface area contributed by atoms with Gasteiger partial charge in [-0.2, -0.15) is 0 Å². The van der Waals surface area contributed by atoms with Crippen molar-refractivity contribution >= 4 is 22.4 Å². The number of nitrogens with one attached hydrogen (secondary N) is 2. The lowest BCUT2D eigenvalue weighted by molar-refractivity contribution is -0.115. The molecule has 1 unspecified atom stereocenters. The molecule has 1 aromatic carbocycles. The fourth-order valence-corrected chi connectivity index (χ4v) is 2.46. The lowest BCUT2D eigenvalue weighted by Crippen LogP contribution is -2.15. The van der Waals surface area contributed by atoms with Gasteiger partial charge in [-0.1, -0.05) is 30.3 Å². The summed E-state index contributed by atoms with van der Waals surface area (Å²) >= 11 is 1.45. The molecule has 1 heterocycles. The van der Waals surface area contributed by atoms with Crippen LogP contribution in [0.15, 0.2) is 35.7 Å². The van der Waals surface area contributed by atoms with Crippen molar-refractivity contribution in [2.24, 2.45) is 0 Å². The first-order chi connectivity index (χ1) is 9.19. The van der Waals surface area contributed by atoms with Crippen LogP contribution < -0.4 is 10.6 Å². The van der Waals surface area contributed by atoms with Crippen LogP contribution in [-0.2, 0) is 11.2 Å². The van der Waals surface area contributed by atoms with Gasteiger partial charge in [-0.05, 0) is 19.5 Å². The highest BCUT2D eigenvalue weighted by Gasteiger charge is 2.10. The van der Waals surface area contributed by atoms with E-state index >= 15 is 0 Å². The molecule has 2 N–H and O–H groups in total. The molecule has 0 bridgehead atoms. The molecule has 19 heavy (non-hydrogen) atoms. The molecule has 0 fully saturated rings. The van der Waals surface area contributed by atoms with E-state index in [-0.39, 0.29) is 11.9 Å². The van der Waals surface area contributed by atoms with E-state index < -0.39 is 0 Å². The van der Waals surface area contributed by atoms with E-state index in [4.69, 9.17) is 0 Å². The van der Waals surface area contributed by atoms with Crippen molar-refractivity contribution in [2.75, 3.05) is 12.4 Å². The third kappa shape index (κ3) is 3.87. The molecule has 2 aromatic rings. The maximum Gasteiger partial charge on any atom is 0.230 e. The fourth-order valence-electron chi connectivity index (χ4n) is 1.64. The summed E-state index contributed by atoms with van der Waals surface area (Å²) in [5, 5.41) is 8.56. The van der Waals surface area contributed by atoms with E-state index in [1.165, 1.54) is 11.3 Å². The smallest absolute Gasteiger partial charge is 0.230 e. The Morgan fingerprint density at radius 3 is 2.79 bits per heavy atom. The zero-order valence-corrected chi connectivity index (χ0v) is 11.8. The van der Waals surface area contributed by atoms with Crippen molar-refractivity contribution in [3.8, 4) is 0 Å². The molecule has 0 spiro atoms. The monoisotopic (exact) mass is 275 g/mol. The lowest BCUT2D eigenvalue weighted by Gasteiger charge is -2.05. The topological polar surface area (TPSA) is 54.0 Å². The summed E-state index contributed by atoms with van der Waals surface area (Å²) < 4.78 is 0. The lowest BCUT2D eigenvalue weighted by atomic mass is 10.1. The quantitative estimate of drug-likeness (QED) is 0.882. The molecular weight excluding hydrogens is 258 g/mol. The van der Waals surface area contributed by atoms with Gasteiger partial charge in [-0.15, -0.1) is 11.3 Å². The highest BCUT2D eigenvalue weighted by Crippen LogP contribution is 2.20. The largest absolute Gasteiger partial charge is 0.312 e. The van der Waals surface area contributed by atoms with Crippen LogP contribution in [0, 0.1) is 0 Å². The van der Waals surface area contributed by atoms with E-state index in [0.717, 1.165) is 11.3 Å². The minimum absolute atomic E-state index is 0.0378. The Bertz CT molecular complexity index is 539. The number of carbonyl (C=O) groups excluding carboxylic acids is 1. The van der Waals surface area contributed by atoms with E-state index in [9.17, 15) is 4.79 Å². The summed E-state index contributed by atoms with van der Waals surface area (Å²) in [6, 6.07) is 9.87. The van der Waals surface area contributed by atoms with Crippen LogP contribution in [0.1, 0.15) is 24.2 Å². The Morgan fingerprint density at radius 1 is 1.37 bits per heavy atom. The predicted molar refractivity (Wildman–Crippen MR) is 78.4 cm³/mol. The molecule has 1 aromatic heterocycles. The fraction of sp³-hybridized carbons (Fsp3) is 0.286. The summed E-state index contributed by atoms with van der Waals surface area (Å²) in [5.74, 6) is -0.0378. The summed E-state index contributed by atoms with van der Waals surface area (Å²) in [6.45, 7) is 2.03. The molecule has 0 saturated heterocycles. The van der Waals surface area contributed by atoms with Gasteiger partial charge in [0.2, 0.25) is 5.91 Å². The number of anilines is 1. The molecule has 0 aliphatic carbocycles. The number of amides is 1. The number of nitrogens with zero attached hydrogens (tertiary/aromatic N) is 1. The van der Waals surface area contributed by atoms with Gasteiger partial charge in [-0.3, -0.25) is 4.79 Å². The molecule has 2 rings (SSSR count). The minimum Gasteiger partial charge on any atom is -0.312 e. The van der Waals surface area contributed by atoms with Crippen molar-refractivity contribution in [3.05, 3.63) is 47.0 Å². The number of hydrogen-bond acceptors (Lipinski definition) is 4. The number of hydrogen-bond donors (Lipinski definition) is 2. The van der Waals surface area contributed by atoms with Crippen LogP contribution in [0.2, 0.25) is 0 Å². The van der Waals surface area contributed by atoms with Gasteiger partial charge in [0.25, 0.3) is 0 Å². The maximum absolute atomic E-state index is 11.9. The van der Waals surface area contributed by atoms with Crippen LogP contribution in [0.3, 0.4) is 0 Å². The number of benzene rings is 1. The molecule has 0 radical (unpaired) electrons. The molecule has 100 valence electrons. The normalized spacial score (nSPS) is 12.1. The van der Waals surface area contributed by atoms with Gasteiger partial charge >= 0.3 is 0 Å². The second-order valence-electron chi connectivity index (χ2n) is 4.30. The van der Waals surface area contributed by atoms with E-state index in [1.807, 2.05) is 49.7 Å². The molecule has 5 heteroatoms. The van der Waals surface area contributed by atoms with Crippen LogP contribution >= 0.6 is 11.3 Å². The summed E-state index contributed by atoms with van der Waals surface area (Å²) in [5.41, 5.74) is 1.95. The van der Waals surface area contributed by atoms with Gasteiger partial charge < -0.3 is 10.6 Å². The number of aromatic nitrogens is 1. The zero-order chi connectivity index (χ0) is 13.7. The highest BCUT2D eigenvalue weighted by molar-refractivity contribution is 7.13. The van der Waals surface area contributed by atoms with Crippen molar-refractivity contribution < 1.29 is 4.79 Å². The Labute approximate surface area is 116 Å². The van der Waals surface area contributed by atoms with Crippen LogP contribution in [0.4, 0.5) is 5.13 Å². The zero-order valence-electron chi connectivity index (χ0n) is 11.0. The molecule has 1 amide bonds. The van der Waals surface area contributed by atoms with Gasteiger partial charge in [0.05, 0.1) is 12.1 Å². The maximum atomic E-state index is 11.9. The van der Waals surface area contributed by atoms with Crippen molar-refractivity contribution in [1.29, 1.82) is 0 Å². The average Bonchev–Trinajstić information content (AvgIpc) is 2.87. The summed E-state index contributed by atoms with van der Waals surface area (Å²) in [4.78, 5) is 16.3. The number of thiazole rings is 1. The third-order valence-corrected chi connectivity index (χ3v) is 3.63. The van der Waals surface area contributed by atoms with Crippen molar-refractivity contribution in [2.45, 2.75) is 19.4 Å². The average molecular weight is 275 g/mol. The predicted octanol–water partition coefficient (Wildman–Crippen LogP) is 2.60. The number of carbonyl (C=O) groups is 1. The molecular formula is C14H17N3OS. The Hall–Kier alpha value is -1.72. The van der Waals surface area contributed by atoms with E-state index in [0.29, 0.717) is 11.6 Å². The molecule has 0 saturated carbocycles. The second-order valence-corrected chi connectivity index (χ2v) is 5.16. The summed E-state index contributed by atoms with van der Waals surface area (Å²) in [6.07, 6.45) is 0.372. The molecule has 1 atom stereocenters. The van der Waals surface area contributed by atoms with E-state index in [2.05, 4.69) is 15.6 Å². The van der Waals surface area contributed by atoms with Gasteiger partial charge in [0.15, 0.2) is 5.13 Å². The van der Waals surface area contributed by atoms with Crippen LogP contribution in [0.5, 0.6) is 0 Å². The first kappa shape index (κ1) is 13.7. The third-order valence-electron chi connectivity index (χ3n) is 2.85. The van der Waals surface area contributed by atoms with Gasteiger partial charge in [0, 0.05) is 11.4 Å². The molecule has 0 aliphatic heterocycles. The second kappa shape index (κ2) is 6.45. The molecule has 4 nitrogen and oxygen atoms in total. The Balaban J connectivity index is 1.94. The van der Waals surface area contributed by atoms with Crippen LogP contribution in [-0.4, -0.2) is 17.9 Å². The van der Waals surface area contributed by atoms with Crippen LogP contribution in [0.25, 0.3) is 0 Å². The first-order valence-electron chi connectivity index (χ1n) is 6.15. The Morgan fingerprint density at radius 2 is 2.11 bits per heavy atom. The highest BCUT2D eigenvalue weighted by atomic mass is 32.1. The van der Waals surface area contributed by atoms with Gasteiger partial charge in [0.1, 0.15) is 0 Å². The first-order valence-corrected chi connectivity index (χ1v) is 7.03. The summed E-state index contributed by atoms with van der Waals surface area (Å²) in [7, 11) is 1.89. The molecule has 0 aliphatic rings. The standard InChI is InChI=1S/C14H17N3OS/c1-10(15-2)12-9-19-14(16-12)17-13(18)8-11-6-4-3-5-7-11/h3-7,9-10,15H,8H2,1-2H3,(H,16,17,18).